The van der Waals surface area contributed by atoms with Gasteiger partial charge in [0.05, 0.1) is 24.3 Å². The van der Waals surface area contributed by atoms with E-state index in [2.05, 4.69) is 20.4 Å². The minimum atomic E-state index is -0.580. The summed E-state index contributed by atoms with van der Waals surface area (Å²) in [7, 11) is 0. The highest BCUT2D eigenvalue weighted by molar-refractivity contribution is 6.01. The average Bonchev–Trinajstić information content (AvgIpc) is 2.96. The molecule has 1 aromatic heterocycles. The molecule has 2 N–H and O–H groups in total. The van der Waals surface area contributed by atoms with Crippen LogP contribution in [0.3, 0.4) is 0 Å². The van der Waals surface area contributed by atoms with Crippen LogP contribution >= 0.6 is 0 Å². The Morgan fingerprint density at radius 2 is 1.72 bits per heavy atom. The number of anilines is 1. The zero-order valence-electron chi connectivity index (χ0n) is 22.0. The van der Waals surface area contributed by atoms with Crippen molar-refractivity contribution in [1.29, 1.82) is 0 Å². The molecule has 0 saturated carbocycles. The fourth-order valence-electron chi connectivity index (χ4n) is 5.66. The number of halogens is 1. The van der Waals surface area contributed by atoms with Gasteiger partial charge in [0.25, 0.3) is 5.91 Å². The number of para-hydroxylation sites is 2. The maximum Gasteiger partial charge on any atom is 0.256 e. The highest BCUT2D eigenvalue weighted by Gasteiger charge is 2.28. The molecule has 0 unspecified atom stereocenters. The van der Waals surface area contributed by atoms with Crippen molar-refractivity contribution in [3.05, 3.63) is 58.1 Å². The Balaban J connectivity index is 1.32. The van der Waals surface area contributed by atoms with Gasteiger partial charge in [0.2, 0.25) is 5.43 Å². The fourth-order valence-corrected chi connectivity index (χ4v) is 5.66. The van der Waals surface area contributed by atoms with Gasteiger partial charge < -0.3 is 29.6 Å². The summed E-state index contributed by atoms with van der Waals surface area (Å²) in [5.41, 5.74) is 0.809. The van der Waals surface area contributed by atoms with Crippen LogP contribution in [0.5, 0.6) is 11.5 Å². The zero-order valence-corrected chi connectivity index (χ0v) is 22.0. The normalized spacial score (nSPS) is 17.5. The molecule has 9 nitrogen and oxygen atoms in total. The number of benzene rings is 2. The number of nitrogens with one attached hydrogen (secondary N) is 2. The summed E-state index contributed by atoms with van der Waals surface area (Å²) < 4.78 is 28.9. The highest BCUT2D eigenvalue weighted by atomic mass is 19.1. The molecule has 2 saturated heterocycles. The average molecular weight is 536 g/mol. The summed E-state index contributed by atoms with van der Waals surface area (Å²) in [5, 5.41) is 6.21. The standard InChI is InChI=1S/C29H34FN5O4/c30-22-18-20-26-28(25(22)31-8-12-33-10-4-1-5-11-33)39-24-7-3-2-6-23(24)35(26)19-21(27(20)36)29(37)32-9-13-34-14-16-38-17-15-34/h2-3,6-7,18-19,31H,1,4-5,8-17H2,(H,32,37). The number of pyridine rings is 1. The van der Waals surface area contributed by atoms with Crippen LogP contribution in [0.4, 0.5) is 10.1 Å². The molecule has 0 bridgehead atoms. The minimum absolute atomic E-state index is 0.0302. The Hall–Kier alpha value is -3.47. The molecule has 0 atom stereocenters. The predicted molar refractivity (Wildman–Crippen MR) is 148 cm³/mol. The SMILES string of the molecule is O=C(NCCN1CCOCC1)c1cn2c3c(c(NCCN4CCCCC4)c(F)cc3c1=O)Oc1ccccc1-2. The van der Waals surface area contributed by atoms with Gasteiger partial charge in [-0.15, -0.1) is 0 Å². The van der Waals surface area contributed by atoms with Gasteiger partial charge in [0.1, 0.15) is 16.8 Å². The molecule has 3 aromatic rings. The van der Waals surface area contributed by atoms with Crippen LogP contribution in [-0.4, -0.2) is 85.8 Å². The van der Waals surface area contributed by atoms with Crippen molar-refractivity contribution >= 4 is 22.5 Å². The number of hydrogen-bond donors (Lipinski definition) is 2. The molecule has 4 heterocycles. The summed E-state index contributed by atoms with van der Waals surface area (Å²) in [6, 6.07) is 8.58. The third-order valence-corrected chi connectivity index (χ3v) is 7.77. The third kappa shape index (κ3) is 5.24. The monoisotopic (exact) mass is 535 g/mol. The summed E-state index contributed by atoms with van der Waals surface area (Å²) in [4.78, 5) is 31.3. The van der Waals surface area contributed by atoms with E-state index < -0.39 is 17.2 Å². The molecule has 0 spiro atoms. The summed E-state index contributed by atoms with van der Waals surface area (Å²) in [6.07, 6.45) is 5.18. The lowest BCUT2D eigenvalue weighted by Crippen LogP contribution is -2.42. The van der Waals surface area contributed by atoms with E-state index in [-0.39, 0.29) is 22.4 Å². The number of hydrogen-bond acceptors (Lipinski definition) is 7. The van der Waals surface area contributed by atoms with Crippen molar-refractivity contribution in [2.45, 2.75) is 19.3 Å². The highest BCUT2D eigenvalue weighted by Crippen LogP contribution is 2.44. The van der Waals surface area contributed by atoms with E-state index in [1.807, 2.05) is 18.2 Å². The number of carbonyl (C=O) groups excluding carboxylic acids is 1. The molecule has 0 radical (unpaired) electrons. The van der Waals surface area contributed by atoms with Gasteiger partial charge in [-0.2, -0.15) is 0 Å². The number of piperidine rings is 1. The quantitative estimate of drug-likeness (QED) is 0.358. The van der Waals surface area contributed by atoms with Crippen LogP contribution < -0.4 is 20.8 Å². The van der Waals surface area contributed by atoms with Crippen LogP contribution in [0.25, 0.3) is 16.6 Å². The van der Waals surface area contributed by atoms with Crippen molar-refractivity contribution in [2.75, 3.05) is 70.9 Å². The number of nitrogens with zero attached hydrogens (tertiary/aromatic N) is 3. The molecule has 0 aliphatic carbocycles. The molecule has 2 fully saturated rings. The van der Waals surface area contributed by atoms with E-state index >= 15 is 4.39 Å². The summed E-state index contributed by atoms with van der Waals surface area (Å²) >= 11 is 0. The van der Waals surface area contributed by atoms with E-state index in [0.717, 1.165) is 32.7 Å². The molecular formula is C29H34FN5O4. The van der Waals surface area contributed by atoms with Crippen LogP contribution in [-0.2, 0) is 4.74 Å². The van der Waals surface area contributed by atoms with E-state index in [9.17, 15) is 9.59 Å². The van der Waals surface area contributed by atoms with E-state index in [0.29, 0.717) is 49.8 Å². The fraction of sp³-hybridized carbons (Fsp3) is 0.448. The van der Waals surface area contributed by atoms with Crippen molar-refractivity contribution in [2.24, 2.45) is 0 Å². The van der Waals surface area contributed by atoms with Gasteiger partial charge in [-0.1, -0.05) is 18.6 Å². The zero-order chi connectivity index (χ0) is 26.8. The molecule has 39 heavy (non-hydrogen) atoms. The first-order valence-electron chi connectivity index (χ1n) is 13.8. The smallest absolute Gasteiger partial charge is 0.256 e. The van der Waals surface area contributed by atoms with Crippen LogP contribution in [0, 0.1) is 5.82 Å². The minimum Gasteiger partial charge on any atom is -0.451 e. The van der Waals surface area contributed by atoms with Crippen LogP contribution in [0.2, 0.25) is 0 Å². The number of carbonyl (C=O) groups is 1. The maximum atomic E-state index is 15.6. The number of morpholine rings is 1. The van der Waals surface area contributed by atoms with Gasteiger partial charge in [0.15, 0.2) is 17.3 Å². The number of aromatic nitrogens is 1. The van der Waals surface area contributed by atoms with E-state index in [1.165, 1.54) is 25.3 Å². The second kappa shape index (κ2) is 11.3. The van der Waals surface area contributed by atoms with Crippen molar-refractivity contribution in [3.63, 3.8) is 0 Å². The van der Waals surface area contributed by atoms with Crippen molar-refractivity contribution < 1.29 is 18.7 Å². The third-order valence-electron chi connectivity index (χ3n) is 7.77. The number of ether oxygens (including phenoxy) is 2. The maximum absolute atomic E-state index is 15.6. The summed E-state index contributed by atoms with van der Waals surface area (Å²) in [6.45, 7) is 7.48. The van der Waals surface area contributed by atoms with Gasteiger partial charge in [-0.25, -0.2) is 4.39 Å². The van der Waals surface area contributed by atoms with E-state index in [1.54, 1.807) is 16.8 Å². The molecule has 2 aromatic carbocycles. The molecule has 3 aliphatic rings. The summed E-state index contributed by atoms with van der Waals surface area (Å²) in [5.74, 6) is -0.269. The Morgan fingerprint density at radius 1 is 0.974 bits per heavy atom. The largest absolute Gasteiger partial charge is 0.451 e. The van der Waals surface area contributed by atoms with Crippen LogP contribution in [0.1, 0.15) is 29.6 Å². The van der Waals surface area contributed by atoms with Gasteiger partial charge >= 0.3 is 0 Å². The molecule has 206 valence electrons. The van der Waals surface area contributed by atoms with Gasteiger partial charge in [-0.3, -0.25) is 14.5 Å². The van der Waals surface area contributed by atoms with Gasteiger partial charge in [0, 0.05) is 45.5 Å². The lowest BCUT2D eigenvalue weighted by atomic mass is 10.1. The number of rotatable bonds is 8. The Kier molecular flexibility index (Phi) is 7.49. The second-order valence-corrected chi connectivity index (χ2v) is 10.3. The molecule has 6 rings (SSSR count). The topological polar surface area (TPSA) is 88.1 Å². The van der Waals surface area contributed by atoms with Crippen molar-refractivity contribution in [1.82, 2.24) is 19.7 Å². The Bertz CT molecular complexity index is 1430. The number of likely N-dealkylation sites (tertiary alicyclic amines) is 1. The van der Waals surface area contributed by atoms with Crippen molar-refractivity contribution in [3.8, 4) is 17.2 Å². The first kappa shape index (κ1) is 25.8. The predicted octanol–water partition coefficient (Wildman–Crippen LogP) is 3.20. The molecule has 1 amide bonds. The second-order valence-electron chi connectivity index (χ2n) is 10.3. The number of fused-ring (bicyclic) bond motifs is 2. The first-order chi connectivity index (χ1) is 19.1. The molecule has 3 aliphatic heterocycles. The van der Waals surface area contributed by atoms with Crippen LogP contribution in [0.15, 0.2) is 41.3 Å². The van der Waals surface area contributed by atoms with E-state index in [4.69, 9.17) is 9.47 Å². The lowest BCUT2D eigenvalue weighted by Gasteiger charge is -2.28. The number of amides is 1. The molecule has 10 heteroatoms. The Labute approximate surface area is 226 Å². The molecular weight excluding hydrogens is 501 g/mol. The van der Waals surface area contributed by atoms with Gasteiger partial charge in [-0.05, 0) is 44.1 Å². The first-order valence-corrected chi connectivity index (χ1v) is 13.8. The Morgan fingerprint density at radius 3 is 2.54 bits per heavy atom. The lowest BCUT2D eigenvalue weighted by molar-refractivity contribution is 0.0383.